The van der Waals surface area contributed by atoms with Gasteiger partial charge in [0.05, 0.1) is 17.5 Å². The fraction of sp³-hybridized carbons (Fsp3) is 0.556. The van der Waals surface area contributed by atoms with Crippen LogP contribution < -0.4 is 0 Å². The smallest absolute Gasteiger partial charge is 0.284 e. The highest BCUT2D eigenvalue weighted by molar-refractivity contribution is 7.90. The lowest BCUT2D eigenvalue weighted by Crippen LogP contribution is -2.22. The van der Waals surface area contributed by atoms with Crippen LogP contribution in [0.1, 0.15) is 16.8 Å². The van der Waals surface area contributed by atoms with Gasteiger partial charge < -0.3 is 0 Å². The summed E-state index contributed by atoms with van der Waals surface area (Å²) < 4.78 is 59.0. The monoisotopic (exact) mass is 284 g/mol. The molecule has 1 rings (SSSR count). The predicted octanol–water partition coefficient (Wildman–Crippen LogP) is 1.06. The van der Waals surface area contributed by atoms with E-state index in [0.29, 0.717) is 0 Å². The van der Waals surface area contributed by atoms with Gasteiger partial charge in [-0.05, 0) is 6.42 Å². The lowest BCUT2D eigenvalue weighted by molar-refractivity contribution is -0.0885. The Balaban J connectivity index is 2.62. The Morgan fingerprint density at radius 1 is 1.44 bits per heavy atom. The Morgan fingerprint density at radius 3 is 2.56 bits per heavy atom. The molecule has 0 aliphatic heterocycles. The maximum Gasteiger partial charge on any atom is 0.454 e. The van der Waals surface area contributed by atoms with Crippen molar-refractivity contribution in [3.8, 4) is 0 Å². The van der Waals surface area contributed by atoms with E-state index < -0.39 is 27.4 Å². The summed E-state index contributed by atoms with van der Waals surface area (Å²) in [7, 11) is -3.12. The van der Waals surface area contributed by atoms with Crippen LogP contribution in [0.2, 0.25) is 0 Å². The third kappa shape index (κ3) is 4.47. The molecule has 0 atom stereocenters. The van der Waals surface area contributed by atoms with Gasteiger partial charge in [0.2, 0.25) is 0 Å². The second-order valence-corrected chi connectivity index (χ2v) is 6.06. The molecule has 0 unspecified atom stereocenters. The molecule has 9 heteroatoms. The minimum Gasteiger partial charge on any atom is -0.284 e. The molecule has 0 N–H and O–H groups in total. The second kappa shape index (κ2) is 5.09. The summed E-state index contributed by atoms with van der Waals surface area (Å²) in [6.45, 7) is 0.137. The molecule has 0 aromatic carbocycles. The number of hydrogen-bond acceptors (Lipinski definition) is 4. The normalized spacial score (nSPS) is 12.7. The summed E-state index contributed by atoms with van der Waals surface area (Å²) >= 11 is 0. The molecule has 0 bridgehead atoms. The van der Waals surface area contributed by atoms with Gasteiger partial charge in [-0.15, -0.1) is 0 Å². The Labute approximate surface area is 102 Å². The maximum atomic E-state index is 12.1. The Hall–Kier alpha value is -1.38. The van der Waals surface area contributed by atoms with E-state index in [1.165, 1.54) is 0 Å². The number of Topliss-reactive ketones (excluding diaryl/α,β-unsaturated/α-hetero) is 1. The first-order valence-corrected chi connectivity index (χ1v) is 6.97. The van der Waals surface area contributed by atoms with Gasteiger partial charge in [-0.25, -0.2) is 8.42 Å². The lowest BCUT2D eigenvalue weighted by atomic mass is 10.2. The molecule has 1 heterocycles. The molecule has 0 saturated heterocycles. The van der Waals surface area contributed by atoms with Gasteiger partial charge in [-0.3, -0.25) is 9.48 Å². The molecule has 0 aliphatic rings. The third-order valence-electron chi connectivity index (χ3n) is 2.06. The molecule has 18 heavy (non-hydrogen) atoms. The van der Waals surface area contributed by atoms with E-state index in [9.17, 15) is 26.4 Å². The average Bonchev–Trinajstić information content (AvgIpc) is 2.61. The highest BCUT2D eigenvalue weighted by atomic mass is 32.2. The lowest BCUT2D eigenvalue weighted by Gasteiger charge is -2.02. The molecular formula is C9H11F3N2O3S. The number of ketones is 1. The van der Waals surface area contributed by atoms with Crippen molar-refractivity contribution >= 4 is 15.6 Å². The van der Waals surface area contributed by atoms with E-state index in [1.54, 1.807) is 0 Å². The number of aryl methyl sites for hydroxylation is 1. The molecule has 5 nitrogen and oxygen atoms in total. The van der Waals surface area contributed by atoms with Gasteiger partial charge >= 0.3 is 6.18 Å². The van der Waals surface area contributed by atoms with E-state index in [2.05, 4.69) is 5.10 Å². The topological polar surface area (TPSA) is 69.0 Å². The zero-order chi connectivity index (χ0) is 14.0. The van der Waals surface area contributed by atoms with Crippen molar-refractivity contribution in [2.75, 3.05) is 12.0 Å². The SMILES string of the molecule is CS(=O)(=O)CCCn1cc(C(=O)C(F)(F)F)cn1. The van der Waals surface area contributed by atoms with E-state index in [-0.39, 0.29) is 18.7 Å². The summed E-state index contributed by atoms with van der Waals surface area (Å²) in [6.07, 6.45) is -1.87. The van der Waals surface area contributed by atoms with Gasteiger partial charge in [0.1, 0.15) is 9.84 Å². The van der Waals surface area contributed by atoms with E-state index >= 15 is 0 Å². The molecule has 1 aromatic rings. The van der Waals surface area contributed by atoms with E-state index in [0.717, 1.165) is 23.3 Å². The number of rotatable bonds is 5. The average molecular weight is 284 g/mol. The number of halogens is 3. The highest BCUT2D eigenvalue weighted by Gasteiger charge is 2.39. The van der Waals surface area contributed by atoms with Gasteiger partial charge in [0.25, 0.3) is 5.78 Å². The molecule has 1 aromatic heterocycles. The second-order valence-electron chi connectivity index (χ2n) is 3.80. The minimum absolute atomic E-state index is 0.0879. The summed E-state index contributed by atoms with van der Waals surface area (Å²) in [5, 5.41) is 3.57. The van der Waals surface area contributed by atoms with Crippen molar-refractivity contribution in [2.24, 2.45) is 0 Å². The minimum atomic E-state index is -4.93. The number of hydrogen-bond donors (Lipinski definition) is 0. The first-order chi connectivity index (χ1) is 8.09. The fourth-order valence-corrected chi connectivity index (χ4v) is 1.91. The van der Waals surface area contributed by atoms with Crippen LogP contribution in [0.4, 0.5) is 13.2 Å². The van der Waals surface area contributed by atoms with Crippen LogP contribution in [0.15, 0.2) is 12.4 Å². The largest absolute Gasteiger partial charge is 0.454 e. The van der Waals surface area contributed by atoms with Crippen molar-refractivity contribution in [3.05, 3.63) is 18.0 Å². The van der Waals surface area contributed by atoms with Crippen LogP contribution in [0.5, 0.6) is 0 Å². The molecule has 102 valence electrons. The van der Waals surface area contributed by atoms with E-state index in [4.69, 9.17) is 0 Å². The van der Waals surface area contributed by atoms with Crippen molar-refractivity contribution in [3.63, 3.8) is 0 Å². The van der Waals surface area contributed by atoms with Crippen LogP contribution in [-0.2, 0) is 16.4 Å². The fourth-order valence-electron chi connectivity index (χ4n) is 1.26. The van der Waals surface area contributed by atoms with Gasteiger partial charge in [-0.1, -0.05) is 0 Å². The van der Waals surface area contributed by atoms with Crippen molar-refractivity contribution in [1.82, 2.24) is 9.78 Å². The number of aromatic nitrogens is 2. The first-order valence-electron chi connectivity index (χ1n) is 4.91. The number of carbonyl (C=O) groups excluding carboxylic acids is 1. The number of alkyl halides is 3. The molecule has 0 amide bonds. The van der Waals surface area contributed by atoms with Crippen LogP contribution >= 0.6 is 0 Å². The highest BCUT2D eigenvalue weighted by Crippen LogP contribution is 2.20. The van der Waals surface area contributed by atoms with Crippen LogP contribution in [0.25, 0.3) is 0 Å². The van der Waals surface area contributed by atoms with Crippen LogP contribution in [0.3, 0.4) is 0 Å². The molecule has 0 radical (unpaired) electrons. The molecule has 0 saturated carbocycles. The van der Waals surface area contributed by atoms with Gasteiger partial charge in [0, 0.05) is 19.0 Å². The number of nitrogens with zero attached hydrogens (tertiary/aromatic N) is 2. The van der Waals surface area contributed by atoms with Crippen LogP contribution in [0, 0.1) is 0 Å². The first kappa shape index (κ1) is 14.7. The summed E-state index contributed by atoms with van der Waals surface area (Å²) in [5.41, 5.74) is -0.554. The Kier molecular flexibility index (Phi) is 4.15. The summed E-state index contributed by atoms with van der Waals surface area (Å²) in [5.74, 6) is -2.05. The third-order valence-corrected chi connectivity index (χ3v) is 3.09. The standard InChI is InChI=1S/C9H11F3N2O3S/c1-18(16,17)4-2-3-14-6-7(5-13-14)8(15)9(10,11)12/h5-6H,2-4H2,1H3. The number of sulfone groups is 1. The molecular weight excluding hydrogens is 273 g/mol. The Morgan fingerprint density at radius 2 is 2.06 bits per heavy atom. The number of carbonyl (C=O) groups is 1. The summed E-state index contributed by atoms with van der Waals surface area (Å²) in [4.78, 5) is 10.8. The van der Waals surface area contributed by atoms with Crippen molar-refractivity contribution in [1.29, 1.82) is 0 Å². The van der Waals surface area contributed by atoms with Gasteiger partial charge in [-0.2, -0.15) is 18.3 Å². The zero-order valence-electron chi connectivity index (χ0n) is 9.44. The maximum absolute atomic E-state index is 12.1. The van der Waals surface area contributed by atoms with Crippen molar-refractivity contribution in [2.45, 2.75) is 19.1 Å². The summed E-state index contributed by atoms with van der Waals surface area (Å²) in [6, 6.07) is 0. The van der Waals surface area contributed by atoms with Gasteiger partial charge in [0.15, 0.2) is 0 Å². The Bertz CT molecular complexity index is 533. The van der Waals surface area contributed by atoms with Crippen molar-refractivity contribution < 1.29 is 26.4 Å². The van der Waals surface area contributed by atoms with E-state index in [1.807, 2.05) is 0 Å². The quantitative estimate of drug-likeness (QED) is 0.758. The van der Waals surface area contributed by atoms with Crippen LogP contribution in [-0.4, -0.2) is 42.2 Å². The molecule has 0 aliphatic carbocycles. The molecule has 0 spiro atoms. The molecule has 0 fully saturated rings. The zero-order valence-corrected chi connectivity index (χ0v) is 10.3. The predicted molar refractivity (Wildman–Crippen MR) is 56.9 cm³/mol.